The first-order chi connectivity index (χ1) is 16.6. The Labute approximate surface area is 201 Å². The van der Waals surface area contributed by atoms with Gasteiger partial charge in [0.25, 0.3) is 5.91 Å². The first-order valence-corrected chi connectivity index (χ1v) is 12.5. The fourth-order valence-corrected chi connectivity index (χ4v) is 5.68. The molecule has 7 heteroatoms. The summed E-state index contributed by atoms with van der Waals surface area (Å²) in [6.07, 6.45) is 4.20. The van der Waals surface area contributed by atoms with E-state index in [1.807, 2.05) is 29.2 Å². The van der Waals surface area contributed by atoms with Gasteiger partial charge in [0.1, 0.15) is 18.5 Å². The number of rotatable bonds is 7. The van der Waals surface area contributed by atoms with Crippen molar-refractivity contribution in [3.05, 3.63) is 53.8 Å². The number of carbonyl (C=O) groups excluding carboxylic acids is 2. The molecule has 1 aromatic rings. The summed E-state index contributed by atoms with van der Waals surface area (Å²) in [5.74, 6) is 1.27. The van der Waals surface area contributed by atoms with Crippen molar-refractivity contribution in [2.75, 3.05) is 46.0 Å². The highest BCUT2D eigenvalue weighted by Crippen LogP contribution is 2.47. The maximum absolute atomic E-state index is 13.8. The Hall–Kier alpha value is -2.64. The molecule has 1 amide bonds. The third kappa shape index (κ3) is 4.39. The summed E-state index contributed by atoms with van der Waals surface area (Å²) < 4.78 is 17.4. The van der Waals surface area contributed by atoms with Crippen molar-refractivity contribution >= 4 is 11.7 Å². The van der Waals surface area contributed by atoms with Crippen LogP contribution in [0, 0.1) is 11.8 Å². The van der Waals surface area contributed by atoms with Gasteiger partial charge in [-0.2, -0.15) is 0 Å². The molecule has 0 radical (unpaired) electrons. The summed E-state index contributed by atoms with van der Waals surface area (Å²) in [5.41, 5.74) is 1.45. The summed E-state index contributed by atoms with van der Waals surface area (Å²) in [7, 11) is 0. The normalized spacial score (nSPS) is 29.5. The molecule has 3 heterocycles. The van der Waals surface area contributed by atoms with E-state index < -0.39 is 6.04 Å². The van der Waals surface area contributed by atoms with E-state index in [1.54, 1.807) is 6.08 Å². The van der Waals surface area contributed by atoms with Crippen LogP contribution in [0.25, 0.3) is 0 Å². The summed E-state index contributed by atoms with van der Waals surface area (Å²) >= 11 is 0. The first kappa shape index (κ1) is 23.1. The molecule has 2 fully saturated rings. The molecule has 4 atom stereocenters. The second-order valence-corrected chi connectivity index (χ2v) is 9.81. The molecule has 1 aromatic carbocycles. The third-order valence-electron chi connectivity index (χ3n) is 7.53. The molecule has 0 spiro atoms. The minimum atomic E-state index is -0.428. The van der Waals surface area contributed by atoms with Crippen LogP contribution in [0.15, 0.2) is 48.3 Å². The van der Waals surface area contributed by atoms with Crippen LogP contribution in [-0.4, -0.2) is 73.6 Å². The molecule has 1 saturated heterocycles. The molecular formula is C27H34N2O5. The molecule has 3 aliphatic heterocycles. The van der Waals surface area contributed by atoms with Gasteiger partial charge in [-0.1, -0.05) is 31.7 Å². The Morgan fingerprint density at radius 3 is 2.62 bits per heavy atom. The number of morpholine rings is 1. The van der Waals surface area contributed by atoms with Crippen molar-refractivity contribution in [2.45, 2.75) is 38.3 Å². The topological polar surface area (TPSA) is 68.3 Å². The molecule has 0 aromatic heterocycles. The number of Topliss-reactive ketones (excluding diaryl/α,β-unsaturated/α-hetero) is 1. The molecule has 1 saturated carbocycles. The number of ketones is 1. The standard InChI is InChI=1S/C27H34N2O5/c1-3-14-33-20-7-5-19(6-8-20)24-23-25(30)21-17-18(2)4-9-22(21)34-26(23)27(31)29(24)11-10-28-12-15-32-16-13-28/h3,5-8,18,21-22,24H,1,4,9-17H2,2H3. The van der Waals surface area contributed by atoms with Crippen LogP contribution < -0.4 is 4.74 Å². The maximum atomic E-state index is 13.8. The van der Waals surface area contributed by atoms with Crippen molar-refractivity contribution in [3.63, 3.8) is 0 Å². The number of fused-ring (bicyclic) bond motifs is 1. The van der Waals surface area contributed by atoms with Gasteiger partial charge >= 0.3 is 0 Å². The van der Waals surface area contributed by atoms with Gasteiger partial charge in [0.15, 0.2) is 11.5 Å². The van der Waals surface area contributed by atoms with Crippen LogP contribution in [0.1, 0.15) is 37.8 Å². The van der Waals surface area contributed by atoms with Crippen LogP contribution in [0.3, 0.4) is 0 Å². The minimum absolute atomic E-state index is 0.0945. The Bertz CT molecular complexity index is 966. The quantitative estimate of drug-likeness (QED) is 0.575. The lowest BCUT2D eigenvalue weighted by Gasteiger charge is -2.37. The molecule has 34 heavy (non-hydrogen) atoms. The average Bonchev–Trinajstić information content (AvgIpc) is 3.14. The fraction of sp³-hybridized carbons (Fsp3) is 0.556. The monoisotopic (exact) mass is 466 g/mol. The van der Waals surface area contributed by atoms with Gasteiger partial charge in [-0.3, -0.25) is 14.5 Å². The molecule has 7 nitrogen and oxygen atoms in total. The SMILES string of the molecule is C=CCOc1ccc(C2C3=C(OC4CCC(C)CC4C3=O)C(=O)N2CCN2CCOCC2)cc1. The second-order valence-electron chi connectivity index (χ2n) is 9.81. The van der Waals surface area contributed by atoms with E-state index in [4.69, 9.17) is 14.2 Å². The number of amides is 1. The van der Waals surface area contributed by atoms with Crippen LogP contribution in [0.5, 0.6) is 5.75 Å². The number of ether oxygens (including phenoxy) is 3. The van der Waals surface area contributed by atoms with Crippen LogP contribution >= 0.6 is 0 Å². The zero-order valence-corrected chi connectivity index (χ0v) is 19.9. The molecule has 5 rings (SSSR count). The smallest absolute Gasteiger partial charge is 0.290 e. The number of carbonyl (C=O) groups is 2. The van der Waals surface area contributed by atoms with Gasteiger partial charge in [0.2, 0.25) is 0 Å². The fourth-order valence-electron chi connectivity index (χ4n) is 5.68. The lowest BCUT2D eigenvalue weighted by Crippen LogP contribution is -2.43. The second kappa shape index (κ2) is 9.92. The Morgan fingerprint density at radius 2 is 1.88 bits per heavy atom. The van der Waals surface area contributed by atoms with Crippen LogP contribution in [0.4, 0.5) is 0 Å². The Kier molecular flexibility index (Phi) is 6.75. The van der Waals surface area contributed by atoms with Crippen molar-refractivity contribution in [3.8, 4) is 5.75 Å². The molecular weight excluding hydrogens is 432 g/mol. The summed E-state index contributed by atoms with van der Waals surface area (Å²) in [4.78, 5) is 31.5. The van der Waals surface area contributed by atoms with E-state index in [0.29, 0.717) is 37.9 Å². The van der Waals surface area contributed by atoms with Gasteiger partial charge in [-0.25, -0.2) is 0 Å². The van der Waals surface area contributed by atoms with E-state index in [1.165, 1.54) is 0 Å². The van der Waals surface area contributed by atoms with E-state index >= 15 is 0 Å². The van der Waals surface area contributed by atoms with Crippen LogP contribution in [-0.2, 0) is 19.1 Å². The zero-order valence-electron chi connectivity index (χ0n) is 19.9. The number of hydrogen-bond acceptors (Lipinski definition) is 6. The molecule has 4 aliphatic rings. The van der Waals surface area contributed by atoms with Gasteiger partial charge in [0.05, 0.1) is 30.7 Å². The maximum Gasteiger partial charge on any atom is 0.290 e. The minimum Gasteiger partial charge on any atom is -0.490 e. The number of benzene rings is 1. The Balaban J connectivity index is 1.45. The molecule has 0 N–H and O–H groups in total. The van der Waals surface area contributed by atoms with E-state index in [9.17, 15) is 9.59 Å². The molecule has 1 aliphatic carbocycles. The van der Waals surface area contributed by atoms with Crippen LogP contribution in [0.2, 0.25) is 0 Å². The van der Waals surface area contributed by atoms with Crippen molar-refractivity contribution in [1.82, 2.24) is 9.80 Å². The predicted octanol–water partition coefficient (Wildman–Crippen LogP) is 3.13. The van der Waals surface area contributed by atoms with Gasteiger partial charge < -0.3 is 19.1 Å². The predicted molar refractivity (Wildman–Crippen MR) is 127 cm³/mol. The third-order valence-corrected chi connectivity index (χ3v) is 7.53. The number of nitrogens with zero attached hydrogens (tertiary/aromatic N) is 2. The molecule has 182 valence electrons. The van der Waals surface area contributed by atoms with Gasteiger partial charge in [-0.15, -0.1) is 0 Å². The van der Waals surface area contributed by atoms with E-state index in [2.05, 4.69) is 18.4 Å². The first-order valence-electron chi connectivity index (χ1n) is 12.5. The van der Waals surface area contributed by atoms with E-state index in [-0.39, 0.29) is 29.5 Å². The zero-order chi connectivity index (χ0) is 23.7. The molecule has 4 unspecified atom stereocenters. The highest BCUT2D eigenvalue weighted by Gasteiger charge is 2.52. The number of hydrogen-bond donors (Lipinski definition) is 0. The van der Waals surface area contributed by atoms with Gasteiger partial charge in [-0.05, 0) is 42.9 Å². The lowest BCUT2D eigenvalue weighted by atomic mass is 9.74. The van der Waals surface area contributed by atoms with Crippen molar-refractivity contribution < 1.29 is 23.8 Å². The summed E-state index contributed by atoms with van der Waals surface area (Å²) in [5, 5.41) is 0. The average molecular weight is 467 g/mol. The molecule has 0 bridgehead atoms. The van der Waals surface area contributed by atoms with E-state index in [0.717, 1.165) is 50.2 Å². The van der Waals surface area contributed by atoms with Crippen molar-refractivity contribution in [2.24, 2.45) is 11.8 Å². The Morgan fingerprint density at radius 1 is 1.12 bits per heavy atom. The lowest BCUT2D eigenvalue weighted by molar-refractivity contribution is -0.136. The summed E-state index contributed by atoms with van der Waals surface area (Å²) in [6.45, 7) is 10.7. The highest BCUT2D eigenvalue weighted by molar-refractivity contribution is 6.11. The highest BCUT2D eigenvalue weighted by atomic mass is 16.5. The van der Waals surface area contributed by atoms with Gasteiger partial charge in [0, 0.05) is 26.2 Å². The van der Waals surface area contributed by atoms with Crippen molar-refractivity contribution in [1.29, 1.82) is 0 Å². The summed E-state index contributed by atoms with van der Waals surface area (Å²) in [6, 6.07) is 7.26. The largest absolute Gasteiger partial charge is 0.490 e.